The third kappa shape index (κ3) is 1.68. The summed E-state index contributed by atoms with van der Waals surface area (Å²) in [6, 6.07) is 0. The summed E-state index contributed by atoms with van der Waals surface area (Å²) < 4.78 is 8.46. The van der Waals surface area contributed by atoms with Crippen LogP contribution in [-0.4, -0.2) is 20.3 Å². The summed E-state index contributed by atoms with van der Waals surface area (Å²) in [5.41, 5.74) is 0. The highest BCUT2D eigenvalue weighted by atomic mass is 16.5. The van der Waals surface area contributed by atoms with Gasteiger partial charge in [-0.3, -0.25) is 19.0 Å². The van der Waals surface area contributed by atoms with Crippen molar-refractivity contribution in [3.63, 3.8) is 0 Å². The Labute approximate surface area is 75.2 Å². The van der Waals surface area contributed by atoms with Crippen molar-refractivity contribution in [2.75, 3.05) is 0 Å². The summed E-state index contributed by atoms with van der Waals surface area (Å²) >= 11 is 0. The molecule has 0 spiro atoms. The lowest BCUT2D eigenvalue weighted by Gasteiger charge is -1.77. The Morgan fingerprint density at radius 2 is 1.36 bits per heavy atom. The first kappa shape index (κ1) is 8.23. The van der Waals surface area contributed by atoms with Crippen LogP contribution in [0.15, 0.2) is 18.6 Å². The van der Waals surface area contributed by atoms with Gasteiger partial charge in [0.05, 0.1) is 0 Å². The van der Waals surface area contributed by atoms with Gasteiger partial charge in [0, 0.05) is 0 Å². The molecule has 0 aromatic carbocycles. The minimum Gasteiger partial charge on any atom is -0.296 e. The molecule has 2 heterocycles. The smallest absolute Gasteiger partial charge is 0.296 e. The van der Waals surface area contributed by atoms with Crippen LogP contribution < -0.4 is 11.5 Å². The zero-order valence-corrected chi connectivity index (χ0v) is 6.68. The van der Waals surface area contributed by atoms with E-state index in [0.717, 1.165) is 0 Å². The van der Waals surface area contributed by atoms with Gasteiger partial charge in [-0.2, -0.15) is 0 Å². The molecule has 2 aromatic heterocycles. The maximum Gasteiger partial charge on any atom is 0.439 e. The van der Waals surface area contributed by atoms with Gasteiger partial charge in [-0.1, -0.05) is 10.3 Å². The van der Waals surface area contributed by atoms with Crippen molar-refractivity contribution in [1.82, 2.24) is 20.3 Å². The molecule has 0 unspecified atom stereocenters. The average molecular weight is 196 g/mol. The molecular formula is C6H4N4O4. The molecule has 0 bridgehead atoms. The number of hydrogen-bond donors (Lipinski definition) is 2. The van der Waals surface area contributed by atoms with Crippen LogP contribution in [0, 0.1) is 0 Å². The molecule has 0 aliphatic heterocycles. The van der Waals surface area contributed by atoms with E-state index >= 15 is 0 Å². The second kappa shape index (κ2) is 3.17. The van der Waals surface area contributed by atoms with Crippen molar-refractivity contribution in [3.8, 4) is 0 Å². The Balaban J connectivity index is 2.22. The second-order valence-corrected chi connectivity index (χ2v) is 2.29. The molecule has 0 aliphatic rings. The first-order valence-electron chi connectivity index (χ1n) is 3.54. The van der Waals surface area contributed by atoms with E-state index in [-0.39, 0.29) is 11.6 Å². The predicted octanol–water partition coefficient (Wildman–Crippen LogP) is -0.790. The number of aromatic amines is 2. The molecule has 14 heavy (non-hydrogen) atoms. The molecular weight excluding hydrogens is 192 g/mol. The molecule has 2 rings (SSSR count). The zero-order chi connectivity index (χ0) is 9.97. The summed E-state index contributed by atoms with van der Waals surface area (Å²) in [5, 5.41) is 6.71. The van der Waals surface area contributed by atoms with Crippen molar-refractivity contribution in [2.24, 2.45) is 0 Å². The molecule has 0 amide bonds. The van der Waals surface area contributed by atoms with Crippen LogP contribution in [0.2, 0.25) is 0 Å². The van der Waals surface area contributed by atoms with Crippen molar-refractivity contribution in [2.45, 2.75) is 0 Å². The number of aromatic nitrogens is 4. The van der Waals surface area contributed by atoms with E-state index in [2.05, 4.69) is 29.3 Å². The van der Waals surface area contributed by atoms with E-state index in [1.807, 2.05) is 0 Å². The summed E-state index contributed by atoms with van der Waals surface area (Å²) in [6.07, 6.45) is 2.80. The highest BCUT2D eigenvalue weighted by Gasteiger charge is 1.97. The Bertz CT molecular complexity index is 506. The summed E-state index contributed by atoms with van der Waals surface area (Å²) in [6.45, 7) is 0. The van der Waals surface area contributed by atoms with Crippen molar-refractivity contribution < 1.29 is 9.05 Å². The molecule has 2 N–H and O–H groups in total. The van der Waals surface area contributed by atoms with Crippen molar-refractivity contribution in [1.29, 1.82) is 0 Å². The summed E-state index contributed by atoms with van der Waals surface area (Å²) in [7, 11) is 0. The highest BCUT2D eigenvalue weighted by molar-refractivity contribution is 5.61. The minimum atomic E-state index is -0.654. The van der Waals surface area contributed by atoms with Gasteiger partial charge >= 0.3 is 11.5 Å². The van der Waals surface area contributed by atoms with Gasteiger partial charge in [0.2, 0.25) is 0 Å². The van der Waals surface area contributed by atoms with Crippen molar-refractivity contribution in [3.05, 3.63) is 32.8 Å². The van der Waals surface area contributed by atoms with E-state index in [0.29, 0.717) is 0 Å². The lowest BCUT2D eigenvalue weighted by molar-refractivity contribution is 0.385. The van der Waals surface area contributed by atoms with E-state index in [9.17, 15) is 9.59 Å². The highest BCUT2D eigenvalue weighted by Crippen LogP contribution is 1.95. The van der Waals surface area contributed by atoms with Crippen LogP contribution in [0.25, 0.3) is 12.2 Å². The summed E-state index contributed by atoms with van der Waals surface area (Å²) in [5.74, 6) is -0.866. The van der Waals surface area contributed by atoms with Crippen LogP contribution in [0.4, 0.5) is 0 Å². The molecule has 0 atom stereocenters. The van der Waals surface area contributed by atoms with Gasteiger partial charge in [-0.15, -0.1) is 0 Å². The van der Waals surface area contributed by atoms with Crippen LogP contribution in [-0.2, 0) is 0 Å². The molecule has 0 radical (unpaired) electrons. The lowest BCUT2D eigenvalue weighted by Crippen LogP contribution is -1.95. The zero-order valence-electron chi connectivity index (χ0n) is 6.68. The fourth-order valence-corrected chi connectivity index (χ4v) is 0.784. The van der Waals surface area contributed by atoms with Crippen LogP contribution in [0.5, 0.6) is 0 Å². The second-order valence-electron chi connectivity index (χ2n) is 2.29. The van der Waals surface area contributed by atoms with Crippen LogP contribution >= 0.6 is 0 Å². The maximum absolute atomic E-state index is 10.5. The number of hydrogen-bond acceptors (Lipinski definition) is 6. The fraction of sp³-hybridized carbons (Fsp3) is 0. The molecule has 0 fully saturated rings. The van der Waals surface area contributed by atoms with Gasteiger partial charge in [0.25, 0.3) is 0 Å². The van der Waals surface area contributed by atoms with Gasteiger partial charge < -0.3 is 0 Å². The lowest BCUT2D eigenvalue weighted by atomic mass is 10.4. The number of nitrogens with one attached hydrogen (secondary N) is 2. The molecule has 2 aromatic rings. The molecule has 8 heteroatoms. The quantitative estimate of drug-likeness (QED) is 0.649. The first-order chi connectivity index (χ1) is 6.74. The molecule has 72 valence electrons. The molecule has 0 saturated heterocycles. The van der Waals surface area contributed by atoms with Gasteiger partial charge in [0.1, 0.15) is 0 Å². The average Bonchev–Trinajstić information content (AvgIpc) is 2.72. The van der Waals surface area contributed by atoms with Gasteiger partial charge in [0.15, 0.2) is 11.6 Å². The Morgan fingerprint density at radius 3 is 1.64 bits per heavy atom. The van der Waals surface area contributed by atoms with E-state index in [1.165, 1.54) is 12.2 Å². The minimum absolute atomic E-state index is 0.221. The number of nitrogens with zero attached hydrogens (tertiary/aromatic N) is 2. The van der Waals surface area contributed by atoms with E-state index in [1.54, 1.807) is 0 Å². The fourth-order valence-electron chi connectivity index (χ4n) is 0.784. The molecule has 0 saturated carbocycles. The first-order valence-corrected chi connectivity index (χ1v) is 3.54. The Hall–Kier alpha value is -2.38. The maximum atomic E-state index is 10.5. The Kier molecular flexibility index (Phi) is 1.86. The van der Waals surface area contributed by atoms with Gasteiger partial charge in [-0.05, 0) is 12.2 Å². The van der Waals surface area contributed by atoms with Gasteiger partial charge in [-0.25, -0.2) is 9.59 Å². The predicted molar refractivity (Wildman–Crippen MR) is 43.2 cm³/mol. The molecule has 8 nitrogen and oxygen atoms in total. The third-order valence-electron chi connectivity index (χ3n) is 1.31. The number of H-pyrrole nitrogens is 2. The van der Waals surface area contributed by atoms with Crippen LogP contribution in [0.1, 0.15) is 11.6 Å². The topological polar surface area (TPSA) is 118 Å². The van der Waals surface area contributed by atoms with Crippen LogP contribution in [0.3, 0.4) is 0 Å². The third-order valence-corrected chi connectivity index (χ3v) is 1.31. The van der Waals surface area contributed by atoms with E-state index in [4.69, 9.17) is 0 Å². The summed E-state index contributed by atoms with van der Waals surface area (Å²) in [4.78, 5) is 25.6. The Morgan fingerprint density at radius 1 is 0.929 bits per heavy atom. The largest absolute Gasteiger partial charge is 0.439 e. The molecule has 0 aliphatic carbocycles. The monoisotopic (exact) mass is 196 g/mol. The standard InChI is InChI=1S/C6H4N4O4/c11-5-7-3(9-13-5)1-2-4-8-6(12)14-10-4/h1-2H,(H,7,9,11)(H,8,10,12)/b2-1+. The number of rotatable bonds is 2. The van der Waals surface area contributed by atoms with Crippen molar-refractivity contribution >= 4 is 12.2 Å². The SMILES string of the molecule is O=c1[nH]c(/C=C/c2noc(=O)[nH]2)no1. The van der Waals surface area contributed by atoms with E-state index < -0.39 is 11.5 Å². The normalized spacial score (nSPS) is 11.1.